The maximum Gasteiger partial charge on any atom is 0.225 e. The lowest BCUT2D eigenvalue weighted by atomic mass is 10.1. The minimum atomic E-state index is 0. The Balaban J connectivity index is 0.00000363. The van der Waals surface area contributed by atoms with Gasteiger partial charge in [0.1, 0.15) is 5.75 Å². The summed E-state index contributed by atoms with van der Waals surface area (Å²) in [4.78, 5) is 19.5. The normalized spacial score (nSPS) is 19.0. The van der Waals surface area contributed by atoms with Crippen molar-refractivity contribution in [1.29, 1.82) is 0 Å². The van der Waals surface area contributed by atoms with Crippen LogP contribution in [0.15, 0.2) is 29.3 Å². The standard InChI is InChI=1S/C24H38N4O3.HI/c1-3-25-24(26-17-19-8-6-11-22(16-19)31-15-7-14-30-2)27-21-12-13-28(18-21)23(29)20-9-4-5-10-20;/h6,8,11,16,20-21H,3-5,7,9-10,12-15,17-18H2,1-2H3,(H2,25,26,27);1H. The zero-order valence-corrected chi connectivity index (χ0v) is 21.8. The van der Waals surface area contributed by atoms with E-state index in [0.29, 0.717) is 25.7 Å². The first-order valence-electron chi connectivity index (χ1n) is 11.7. The van der Waals surface area contributed by atoms with E-state index in [9.17, 15) is 4.79 Å². The molecule has 1 aromatic rings. The number of ether oxygens (including phenoxy) is 2. The molecule has 1 saturated carbocycles. The molecular formula is C24H39IN4O3. The number of hydrogen-bond acceptors (Lipinski definition) is 4. The number of amides is 1. The van der Waals surface area contributed by atoms with Crippen molar-refractivity contribution in [3.05, 3.63) is 29.8 Å². The van der Waals surface area contributed by atoms with Crippen molar-refractivity contribution < 1.29 is 14.3 Å². The Bertz CT molecular complexity index is 725. The number of aliphatic imine (C=N–C) groups is 1. The molecule has 2 N–H and O–H groups in total. The summed E-state index contributed by atoms with van der Waals surface area (Å²) < 4.78 is 10.8. The van der Waals surface area contributed by atoms with E-state index < -0.39 is 0 Å². The van der Waals surface area contributed by atoms with Gasteiger partial charge in [0, 0.05) is 51.7 Å². The largest absolute Gasteiger partial charge is 0.493 e. The summed E-state index contributed by atoms with van der Waals surface area (Å²) in [5, 5.41) is 6.86. The summed E-state index contributed by atoms with van der Waals surface area (Å²) in [5.41, 5.74) is 1.10. The number of carbonyl (C=O) groups is 1. The van der Waals surface area contributed by atoms with E-state index in [2.05, 4.69) is 23.6 Å². The van der Waals surface area contributed by atoms with Crippen LogP contribution in [-0.4, -0.2) is 62.8 Å². The molecule has 7 nitrogen and oxygen atoms in total. The molecule has 1 aliphatic carbocycles. The van der Waals surface area contributed by atoms with E-state index in [-0.39, 0.29) is 35.9 Å². The first-order chi connectivity index (χ1) is 15.2. The Labute approximate surface area is 209 Å². The Morgan fingerprint density at radius 2 is 2.03 bits per heavy atom. The Morgan fingerprint density at radius 1 is 1.22 bits per heavy atom. The van der Waals surface area contributed by atoms with Crippen molar-refractivity contribution in [1.82, 2.24) is 15.5 Å². The van der Waals surface area contributed by atoms with Gasteiger partial charge in [-0.15, -0.1) is 24.0 Å². The van der Waals surface area contributed by atoms with Gasteiger partial charge in [-0.1, -0.05) is 25.0 Å². The van der Waals surface area contributed by atoms with Gasteiger partial charge in [0.15, 0.2) is 5.96 Å². The topological polar surface area (TPSA) is 75.2 Å². The highest BCUT2D eigenvalue weighted by Crippen LogP contribution is 2.27. The average Bonchev–Trinajstić information content (AvgIpc) is 3.48. The van der Waals surface area contributed by atoms with Crippen molar-refractivity contribution in [3.8, 4) is 5.75 Å². The lowest BCUT2D eigenvalue weighted by Gasteiger charge is -2.21. The number of carbonyl (C=O) groups excluding carboxylic acids is 1. The monoisotopic (exact) mass is 558 g/mol. The minimum Gasteiger partial charge on any atom is -0.493 e. The van der Waals surface area contributed by atoms with Crippen LogP contribution in [0.5, 0.6) is 5.75 Å². The smallest absolute Gasteiger partial charge is 0.225 e. The third kappa shape index (κ3) is 8.42. The van der Waals surface area contributed by atoms with Gasteiger partial charge < -0.3 is 25.0 Å². The van der Waals surface area contributed by atoms with Crippen LogP contribution in [0.3, 0.4) is 0 Å². The van der Waals surface area contributed by atoms with Crippen molar-refractivity contribution >= 4 is 35.8 Å². The molecule has 180 valence electrons. The molecule has 1 heterocycles. The van der Waals surface area contributed by atoms with E-state index >= 15 is 0 Å². The fourth-order valence-corrected chi connectivity index (χ4v) is 4.32. The molecule has 2 fully saturated rings. The van der Waals surface area contributed by atoms with Crippen LogP contribution in [0.2, 0.25) is 0 Å². The second kappa shape index (κ2) is 14.6. The third-order valence-electron chi connectivity index (χ3n) is 5.97. The molecule has 1 aromatic carbocycles. The third-order valence-corrected chi connectivity index (χ3v) is 5.97. The number of benzene rings is 1. The van der Waals surface area contributed by atoms with Crippen LogP contribution in [0.25, 0.3) is 0 Å². The molecular weight excluding hydrogens is 519 g/mol. The lowest BCUT2D eigenvalue weighted by molar-refractivity contribution is -0.134. The van der Waals surface area contributed by atoms with Crippen LogP contribution in [0.1, 0.15) is 51.0 Å². The zero-order valence-electron chi connectivity index (χ0n) is 19.5. The summed E-state index contributed by atoms with van der Waals surface area (Å²) in [6, 6.07) is 8.32. The number of hydrogen-bond donors (Lipinski definition) is 2. The molecule has 1 atom stereocenters. The van der Waals surface area contributed by atoms with Crippen LogP contribution in [0.4, 0.5) is 0 Å². The van der Waals surface area contributed by atoms with Crippen LogP contribution in [0, 0.1) is 5.92 Å². The molecule has 32 heavy (non-hydrogen) atoms. The Kier molecular flexibility index (Phi) is 12.2. The summed E-state index contributed by atoms with van der Waals surface area (Å²) in [5.74, 6) is 2.27. The first kappa shape index (κ1) is 26.7. The van der Waals surface area contributed by atoms with Crippen LogP contribution < -0.4 is 15.4 Å². The fraction of sp³-hybridized carbons (Fsp3) is 0.667. The fourth-order valence-electron chi connectivity index (χ4n) is 4.32. The number of likely N-dealkylation sites (tertiary alicyclic amines) is 1. The van der Waals surface area contributed by atoms with Gasteiger partial charge >= 0.3 is 0 Å². The summed E-state index contributed by atoms with van der Waals surface area (Å²) >= 11 is 0. The van der Waals surface area contributed by atoms with Gasteiger partial charge in [-0.3, -0.25) is 4.79 Å². The van der Waals surface area contributed by atoms with Crippen LogP contribution in [-0.2, 0) is 16.1 Å². The van der Waals surface area contributed by atoms with Crippen molar-refractivity contribution in [2.75, 3.05) is 40.0 Å². The van der Waals surface area contributed by atoms with E-state index in [1.807, 2.05) is 23.1 Å². The molecule has 0 spiro atoms. The maximum absolute atomic E-state index is 12.7. The number of guanidine groups is 1. The number of halogens is 1. The molecule has 1 saturated heterocycles. The van der Waals surface area contributed by atoms with Gasteiger partial charge in [0.05, 0.1) is 13.2 Å². The highest BCUT2D eigenvalue weighted by molar-refractivity contribution is 14.0. The van der Waals surface area contributed by atoms with Gasteiger partial charge in [-0.25, -0.2) is 4.99 Å². The van der Waals surface area contributed by atoms with Crippen molar-refractivity contribution in [2.45, 2.75) is 58.0 Å². The van der Waals surface area contributed by atoms with Gasteiger partial charge in [0.25, 0.3) is 0 Å². The SMILES string of the molecule is CCNC(=NCc1cccc(OCCCOC)c1)NC1CCN(C(=O)C2CCCC2)C1.I. The van der Waals surface area contributed by atoms with Crippen molar-refractivity contribution in [3.63, 3.8) is 0 Å². The Morgan fingerprint density at radius 3 is 2.78 bits per heavy atom. The first-order valence-corrected chi connectivity index (χ1v) is 11.7. The van der Waals surface area contributed by atoms with E-state index in [0.717, 1.165) is 62.6 Å². The molecule has 2 aliphatic rings. The molecule has 0 aromatic heterocycles. The molecule has 1 unspecified atom stereocenters. The predicted molar refractivity (Wildman–Crippen MR) is 139 cm³/mol. The quantitative estimate of drug-likeness (QED) is 0.199. The number of rotatable bonds is 10. The minimum absolute atomic E-state index is 0. The average molecular weight is 559 g/mol. The summed E-state index contributed by atoms with van der Waals surface area (Å²) in [6.07, 6.45) is 6.35. The predicted octanol–water partition coefficient (Wildman–Crippen LogP) is 3.57. The van der Waals surface area contributed by atoms with Crippen molar-refractivity contribution in [2.24, 2.45) is 10.9 Å². The summed E-state index contributed by atoms with van der Waals surface area (Å²) in [6.45, 7) is 6.39. The highest BCUT2D eigenvalue weighted by atomic mass is 127. The van der Waals surface area contributed by atoms with E-state index in [1.165, 1.54) is 12.8 Å². The number of nitrogens with zero attached hydrogens (tertiary/aromatic N) is 2. The second-order valence-corrected chi connectivity index (χ2v) is 8.43. The van der Waals surface area contributed by atoms with E-state index in [1.54, 1.807) is 7.11 Å². The molecule has 0 bridgehead atoms. The second-order valence-electron chi connectivity index (χ2n) is 8.43. The molecule has 0 radical (unpaired) electrons. The summed E-state index contributed by atoms with van der Waals surface area (Å²) in [7, 11) is 1.70. The van der Waals surface area contributed by atoms with E-state index in [4.69, 9.17) is 14.5 Å². The van der Waals surface area contributed by atoms with Gasteiger partial charge in [-0.05, 0) is 43.9 Å². The molecule has 8 heteroatoms. The molecule has 1 amide bonds. The Hall–Kier alpha value is -1.55. The van der Waals surface area contributed by atoms with Gasteiger partial charge in [-0.2, -0.15) is 0 Å². The molecule has 3 rings (SSSR count). The lowest BCUT2D eigenvalue weighted by Crippen LogP contribution is -2.45. The number of methoxy groups -OCH3 is 1. The zero-order chi connectivity index (χ0) is 21.9. The van der Waals surface area contributed by atoms with Crippen LogP contribution >= 0.6 is 24.0 Å². The highest BCUT2D eigenvalue weighted by Gasteiger charge is 2.32. The molecule has 1 aliphatic heterocycles. The maximum atomic E-state index is 12.7. The van der Waals surface area contributed by atoms with Gasteiger partial charge in [0.2, 0.25) is 5.91 Å². The number of nitrogens with one attached hydrogen (secondary N) is 2.